The van der Waals surface area contributed by atoms with Gasteiger partial charge in [0.25, 0.3) is 5.69 Å². The Balaban J connectivity index is 2.38. The van der Waals surface area contributed by atoms with Crippen LogP contribution in [0.2, 0.25) is 0 Å². The number of ether oxygens (including phenoxy) is 1. The van der Waals surface area contributed by atoms with Crippen LogP contribution in [0.15, 0.2) is 36.4 Å². The predicted octanol–water partition coefficient (Wildman–Crippen LogP) is 3.36. The Hall–Kier alpha value is -2.89. The quantitative estimate of drug-likeness (QED) is 0.464. The smallest absolute Gasteiger partial charge is 0.293 e. The highest BCUT2D eigenvalue weighted by molar-refractivity contribution is 5.79. The molecule has 0 atom stereocenters. The third-order valence-corrected chi connectivity index (χ3v) is 3.59. The molecule has 0 radical (unpaired) electrons. The van der Waals surface area contributed by atoms with Gasteiger partial charge in [0.2, 0.25) is 0 Å². The van der Waals surface area contributed by atoms with E-state index >= 15 is 0 Å². The maximum absolute atomic E-state index is 11.3. The molecule has 0 aliphatic heterocycles. The fraction of sp³-hybridized carbons (Fsp3) is 0.235. The zero-order valence-electron chi connectivity index (χ0n) is 13.3. The minimum atomic E-state index is -0.480. The Kier molecular flexibility index (Phi) is 4.95. The molecule has 23 heavy (non-hydrogen) atoms. The van der Waals surface area contributed by atoms with E-state index in [4.69, 9.17) is 4.74 Å². The summed E-state index contributed by atoms with van der Waals surface area (Å²) in [5.41, 5.74) is 2.65. The van der Waals surface area contributed by atoms with Crippen LogP contribution < -0.4 is 9.64 Å². The fourth-order valence-electron chi connectivity index (χ4n) is 2.45. The first kappa shape index (κ1) is 16.5. The maximum atomic E-state index is 11.3. The van der Waals surface area contributed by atoms with E-state index in [0.717, 1.165) is 16.9 Å². The summed E-state index contributed by atoms with van der Waals surface area (Å²) in [5, 5.41) is 11.3. The largest absolute Gasteiger partial charge is 0.496 e. The minimum absolute atomic E-state index is 0.0938. The van der Waals surface area contributed by atoms with Gasteiger partial charge in [0.15, 0.2) is 0 Å². The number of methoxy groups -OCH3 is 1. The number of rotatable bonds is 6. The summed E-state index contributed by atoms with van der Waals surface area (Å²) in [7, 11) is 3.36. The Morgan fingerprint density at radius 3 is 2.61 bits per heavy atom. The lowest BCUT2D eigenvalue weighted by atomic mass is 10.1. The molecule has 0 heterocycles. The SMILES string of the molecule is COc1ccc(C)cc1CN(C)c1ccc(C=O)cc1[N+](=O)[O-]. The van der Waals surface area contributed by atoms with Gasteiger partial charge >= 0.3 is 0 Å². The zero-order chi connectivity index (χ0) is 17.0. The summed E-state index contributed by atoms with van der Waals surface area (Å²) in [4.78, 5) is 23.4. The minimum Gasteiger partial charge on any atom is -0.496 e. The standard InChI is InChI=1S/C17H18N2O4/c1-12-4-7-17(23-3)14(8-12)10-18(2)15-6-5-13(11-20)9-16(15)19(21)22/h4-9,11H,10H2,1-3H3. The molecule has 0 unspecified atom stereocenters. The number of hydrogen-bond donors (Lipinski definition) is 0. The Morgan fingerprint density at radius 2 is 2.00 bits per heavy atom. The van der Waals surface area contributed by atoms with E-state index < -0.39 is 4.92 Å². The second-order valence-corrected chi connectivity index (χ2v) is 5.29. The van der Waals surface area contributed by atoms with Crippen molar-refractivity contribution in [2.24, 2.45) is 0 Å². The Labute approximate surface area is 134 Å². The molecule has 0 aliphatic carbocycles. The van der Waals surface area contributed by atoms with Crippen molar-refractivity contribution in [2.45, 2.75) is 13.5 Å². The van der Waals surface area contributed by atoms with Crippen LogP contribution in [-0.2, 0) is 6.54 Å². The average Bonchev–Trinajstić information content (AvgIpc) is 2.54. The van der Waals surface area contributed by atoms with Crippen molar-refractivity contribution < 1.29 is 14.5 Å². The number of carbonyl (C=O) groups excluding carboxylic acids is 1. The third kappa shape index (κ3) is 3.66. The number of carbonyl (C=O) groups is 1. The van der Waals surface area contributed by atoms with E-state index in [0.29, 0.717) is 18.5 Å². The van der Waals surface area contributed by atoms with Crippen LogP contribution in [0, 0.1) is 17.0 Å². The molecule has 0 N–H and O–H groups in total. The van der Waals surface area contributed by atoms with Gasteiger partial charge < -0.3 is 9.64 Å². The van der Waals surface area contributed by atoms with Crippen LogP contribution in [0.5, 0.6) is 5.75 Å². The van der Waals surface area contributed by atoms with Crippen molar-refractivity contribution >= 4 is 17.7 Å². The maximum Gasteiger partial charge on any atom is 0.293 e. The molecule has 0 bridgehead atoms. The molecule has 0 aliphatic rings. The Bertz CT molecular complexity index is 743. The average molecular weight is 314 g/mol. The molecule has 0 fully saturated rings. The second kappa shape index (κ2) is 6.91. The van der Waals surface area contributed by atoms with Gasteiger partial charge in [0.1, 0.15) is 17.7 Å². The Morgan fingerprint density at radius 1 is 1.26 bits per heavy atom. The topological polar surface area (TPSA) is 72.7 Å². The number of anilines is 1. The van der Waals surface area contributed by atoms with E-state index in [2.05, 4.69) is 0 Å². The van der Waals surface area contributed by atoms with Crippen molar-refractivity contribution in [1.29, 1.82) is 0 Å². The van der Waals surface area contributed by atoms with Gasteiger partial charge in [-0.3, -0.25) is 14.9 Å². The summed E-state index contributed by atoms with van der Waals surface area (Å²) in [6.45, 7) is 2.43. The molecule has 0 saturated heterocycles. The zero-order valence-corrected chi connectivity index (χ0v) is 13.3. The first-order valence-corrected chi connectivity index (χ1v) is 7.04. The lowest BCUT2D eigenvalue weighted by Gasteiger charge is -2.21. The normalized spacial score (nSPS) is 10.2. The molecule has 6 nitrogen and oxygen atoms in total. The van der Waals surface area contributed by atoms with Gasteiger partial charge in [-0.15, -0.1) is 0 Å². The van der Waals surface area contributed by atoms with Gasteiger partial charge in [-0.05, 0) is 25.1 Å². The summed E-state index contributed by atoms with van der Waals surface area (Å²) < 4.78 is 5.34. The van der Waals surface area contributed by atoms with Crippen LogP contribution in [0.3, 0.4) is 0 Å². The number of benzene rings is 2. The van der Waals surface area contributed by atoms with Crippen LogP contribution in [-0.4, -0.2) is 25.4 Å². The van der Waals surface area contributed by atoms with E-state index in [-0.39, 0.29) is 11.3 Å². The monoisotopic (exact) mass is 314 g/mol. The number of nitrogens with zero attached hydrogens (tertiary/aromatic N) is 2. The van der Waals surface area contributed by atoms with Gasteiger partial charge in [-0.25, -0.2) is 0 Å². The number of aryl methyl sites for hydroxylation is 1. The van der Waals surface area contributed by atoms with Gasteiger partial charge in [-0.1, -0.05) is 17.7 Å². The third-order valence-electron chi connectivity index (χ3n) is 3.59. The summed E-state index contributed by atoms with van der Waals surface area (Å²) in [6.07, 6.45) is 0.598. The number of aldehydes is 1. The lowest BCUT2D eigenvalue weighted by Crippen LogP contribution is -2.18. The van der Waals surface area contributed by atoms with E-state index in [1.165, 1.54) is 6.07 Å². The summed E-state index contributed by atoms with van der Waals surface area (Å²) in [5.74, 6) is 0.731. The molecule has 0 aromatic heterocycles. The van der Waals surface area contributed by atoms with E-state index in [1.54, 1.807) is 31.2 Å². The summed E-state index contributed by atoms with van der Waals surface area (Å²) >= 11 is 0. The first-order valence-electron chi connectivity index (χ1n) is 7.04. The van der Waals surface area contributed by atoms with Gasteiger partial charge in [0.05, 0.1) is 12.0 Å². The molecule has 2 rings (SSSR count). The highest BCUT2D eigenvalue weighted by Gasteiger charge is 2.19. The van der Waals surface area contributed by atoms with Crippen molar-refractivity contribution in [3.8, 4) is 5.75 Å². The first-order chi connectivity index (χ1) is 11.0. The highest BCUT2D eigenvalue weighted by Crippen LogP contribution is 2.30. The van der Waals surface area contributed by atoms with Crippen LogP contribution in [0.1, 0.15) is 21.5 Å². The predicted molar refractivity (Wildman–Crippen MR) is 88.3 cm³/mol. The second-order valence-electron chi connectivity index (χ2n) is 5.29. The van der Waals surface area contributed by atoms with E-state index in [9.17, 15) is 14.9 Å². The molecule has 0 spiro atoms. The van der Waals surface area contributed by atoms with Crippen LogP contribution in [0.25, 0.3) is 0 Å². The summed E-state index contributed by atoms with van der Waals surface area (Å²) in [6, 6.07) is 10.3. The molecule has 6 heteroatoms. The van der Waals surface area contributed by atoms with Gasteiger partial charge in [-0.2, -0.15) is 0 Å². The fourth-order valence-corrected chi connectivity index (χ4v) is 2.45. The number of hydrogen-bond acceptors (Lipinski definition) is 5. The molecule has 2 aromatic carbocycles. The molecule has 2 aromatic rings. The van der Waals surface area contributed by atoms with Crippen LogP contribution in [0.4, 0.5) is 11.4 Å². The lowest BCUT2D eigenvalue weighted by molar-refractivity contribution is -0.384. The molecule has 120 valence electrons. The van der Waals surface area contributed by atoms with E-state index in [1.807, 2.05) is 25.1 Å². The number of nitro benzene ring substituents is 1. The molecular weight excluding hydrogens is 296 g/mol. The van der Waals surface area contributed by atoms with Crippen molar-refractivity contribution in [2.75, 3.05) is 19.1 Å². The highest BCUT2D eigenvalue weighted by atomic mass is 16.6. The van der Waals surface area contributed by atoms with Crippen molar-refractivity contribution in [3.63, 3.8) is 0 Å². The van der Waals surface area contributed by atoms with Crippen molar-refractivity contribution in [3.05, 3.63) is 63.2 Å². The van der Waals surface area contributed by atoms with Crippen molar-refractivity contribution in [1.82, 2.24) is 0 Å². The molecular formula is C17H18N2O4. The number of nitro groups is 1. The van der Waals surface area contributed by atoms with Gasteiger partial charge in [0, 0.05) is 30.8 Å². The molecule has 0 saturated carbocycles. The van der Waals surface area contributed by atoms with Crippen LogP contribution >= 0.6 is 0 Å². The molecule has 0 amide bonds.